The van der Waals surface area contributed by atoms with Crippen molar-refractivity contribution in [1.82, 2.24) is 0 Å². The lowest BCUT2D eigenvalue weighted by atomic mass is 10.1. The fourth-order valence-corrected chi connectivity index (χ4v) is 2.98. The van der Waals surface area contributed by atoms with Gasteiger partial charge in [0.25, 0.3) is 5.69 Å². The van der Waals surface area contributed by atoms with Gasteiger partial charge in [0.15, 0.2) is 23.9 Å². The molecular weight excluding hydrogens is 446 g/mol. The molecule has 0 saturated heterocycles. The van der Waals surface area contributed by atoms with Gasteiger partial charge in [-0.15, -0.1) is 0 Å². The Morgan fingerprint density at radius 3 is 1.79 bits per heavy atom. The normalized spacial score (nSPS) is 10.2. The maximum Gasteiger partial charge on any atom is 0.338 e. The molecular formula is C24H21NO9. The number of carbonyl (C=O) groups is 2. The number of hydrogen-bond donors (Lipinski definition) is 0. The van der Waals surface area contributed by atoms with Gasteiger partial charge < -0.3 is 23.7 Å². The van der Waals surface area contributed by atoms with Gasteiger partial charge in [0.2, 0.25) is 5.75 Å². The molecule has 0 aliphatic rings. The Hall–Kier alpha value is -4.60. The Labute approximate surface area is 194 Å². The predicted molar refractivity (Wildman–Crippen MR) is 120 cm³/mol. The van der Waals surface area contributed by atoms with E-state index in [9.17, 15) is 19.7 Å². The molecule has 0 saturated carbocycles. The Balaban J connectivity index is 1.61. The number of nitrogens with zero attached hydrogens (tertiary/aromatic N) is 1. The molecule has 0 aliphatic heterocycles. The number of nitro groups is 1. The third-order valence-electron chi connectivity index (χ3n) is 4.69. The number of carbonyl (C=O) groups excluding carboxylic acids is 2. The van der Waals surface area contributed by atoms with Gasteiger partial charge in [0.05, 0.1) is 31.8 Å². The van der Waals surface area contributed by atoms with Crippen LogP contribution in [0.1, 0.15) is 20.7 Å². The van der Waals surface area contributed by atoms with E-state index in [4.69, 9.17) is 23.7 Å². The second-order valence-corrected chi connectivity index (χ2v) is 6.79. The van der Waals surface area contributed by atoms with Crippen LogP contribution in [-0.4, -0.2) is 44.6 Å². The van der Waals surface area contributed by atoms with E-state index >= 15 is 0 Å². The number of Topliss-reactive ketones (excluding diaryl/α,β-unsaturated/α-hetero) is 1. The molecule has 0 aromatic heterocycles. The summed E-state index contributed by atoms with van der Waals surface area (Å²) >= 11 is 0. The molecule has 10 nitrogen and oxygen atoms in total. The van der Waals surface area contributed by atoms with Crippen LogP contribution in [0.15, 0.2) is 60.7 Å². The number of nitro benzene ring substituents is 1. The first kappa shape index (κ1) is 24.1. The minimum absolute atomic E-state index is 0.0469. The number of ketones is 1. The molecule has 3 rings (SSSR count). The van der Waals surface area contributed by atoms with Crippen molar-refractivity contribution in [2.24, 2.45) is 0 Å². The first-order valence-corrected chi connectivity index (χ1v) is 9.89. The maximum absolute atomic E-state index is 12.5. The van der Waals surface area contributed by atoms with Crippen molar-refractivity contribution in [3.8, 4) is 28.7 Å². The van der Waals surface area contributed by atoms with Gasteiger partial charge in [0, 0.05) is 17.7 Å². The molecule has 0 aliphatic carbocycles. The third kappa shape index (κ3) is 5.60. The monoisotopic (exact) mass is 467 g/mol. The molecule has 0 spiro atoms. The molecule has 0 radical (unpaired) electrons. The van der Waals surface area contributed by atoms with E-state index in [1.54, 1.807) is 12.1 Å². The Kier molecular flexibility index (Phi) is 7.65. The van der Waals surface area contributed by atoms with Gasteiger partial charge in [-0.25, -0.2) is 4.79 Å². The van der Waals surface area contributed by atoms with Crippen molar-refractivity contribution in [2.75, 3.05) is 27.9 Å². The molecule has 10 heteroatoms. The Bertz CT molecular complexity index is 1160. The van der Waals surface area contributed by atoms with Crippen LogP contribution in [0.25, 0.3) is 0 Å². The van der Waals surface area contributed by atoms with Gasteiger partial charge in [-0.1, -0.05) is 0 Å². The van der Waals surface area contributed by atoms with E-state index in [0.29, 0.717) is 22.8 Å². The van der Waals surface area contributed by atoms with Crippen LogP contribution in [0.5, 0.6) is 28.7 Å². The molecule has 0 N–H and O–H groups in total. The van der Waals surface area contributed by atoms with Crippen molar-refractivity contribution in [2.45, 2.75) is 0 Å². The summed E-state index contributed by atoms with van der Waals surface area (Å²) in [4.78, 5) is 35.1. The molecule has 0 amide bonds. The molecule has 0 unspecified atom stereocenters. The molecule has 3 aromatic rings. The quantitative estimate of drug-likeness (QED) is 0.184. The van der Waals surface area contributed by atoms with Gasteiger partial charge >= 0.3 is 5.97 Å². The topological polar surface area (TPSA) is 123 Å². The van der Waals surface area contributed by atoms with Crippen molar-refractivity contribution in [1.29, 1.82) is 0 Å². The lowest BCUT2D eigenvalue weighted by Gasteiger charge is -2.13. The molecule has 34 heavy (non-hydrogen) atoms. The molecule has 0 fully saturated rings. The van der Waals surface area contributed by atoms with Crippen LogP contribution in [0, 0.1) is 10.1 Å². The van der Waals surface area contributed by atoms with E-state index in [1.807, 2.05) is 0 Å². The number of benzene rings is 3. The first-order chi connectivity index (χ1) is 16.4. The minimum atomic E-state index is -0.731. The number of esters is 1. The number of hydrogen-bond acceptors (Lipinski definition) is 9. The van der Waals surface area contributed by atoms with E-state index in [2.05, 4.69) is 0 Å². The summed E-state index contributed by atoms with van der Waals surface area (Å²) in [5.74, 6) is 0.582. The Morgan fingerprint density at radius 2 is 1.32 bits per heavy atom. The highest BCUT2D eigenvalue weighted by molar-refractivity contribution is 5.99. The van der Waals surface area contributed by atoms with Crippen LogP contribution in [0.4, 0.5) is 5.69 Å². The SMILES string of the molecule is COc1cc(C(=O)OCC(=O)c2ccc(Oc3ccc([N+](=O)[O-])cc3)cc2)cc(OC)c1OC. The maximum atomic E-state index is 12.5. The van der Waals surface area contributed by atoms with Crippen molar-refractivity contribution in [3.63, 3.8) is 0 Å². The zero-order valence-corrected chi connectivity index (χ0v) is 18.6. The standard InChI is InChI=1S/C24H21NO9/c1-30-21-12-16(13-22(31-2)23(21)32-3)24(27)33-14-20(26)15-4-8-18(9-5-15)34-19-10-6-17(7-11-19)25(28)29/h4-13H,14H2,1-3H3. The van der Waals surface area contributed by atoms with E-state index < -0.39 is 23.3 Å². The van der Waals surface area contributed by atoms with Gasteiger partial charge in [0.1, 0.15) is 11.5 Å². The number of methoxy groups -OCH3 is 3. The number of rotatable bonds is 10. The van der Waals surface area contributed by atoms with Crippen LogP contribution >= 0.6 is 0 Å². The fourth-order valence-electron chi connectivity index (χ4n) is 2.98. The summed E-state index contributed by atoms with van der Waals surface area (Å²) in [6, 6.07) is 14.6. The van der Waals surface area contributed by atoms with Crippen molar-refractivity contribution in [3.05, 3.63) is 81.9 Å². The van der Waals surface area contributed by atoms with Crippen LogP contribution in [-0.2, 0) is 4.74 Å². The van der Waals surface area contributed by atoms with Gasteiger partial charge in [-0.05, 0) is 48.5 Å². The minimum Gasteiger partial charge on any atom is -0.493 e. The summed E-state index contributed by atoms with van der Waals surface area (Å²) < 4.78 is 26.4. The van der Waals surface area contributed by atoms with Gasteiger partial charge in [-0.3, -0.25) is 14.9 Å². The summed E-state index contributed by atoms with van der Waals surface area (Å²) in [6.45, 7) is -0.474. The predicted octanol–water partition coefficient (Wildman–Crippen LogP) is 4.45. The largest absolute Gasteiger partial charge is 0.493 e. The highest BCUT2D eigenvalue weighted by Crippen LogP contribution is 2.38. The van der Waals surface area contributed by atoms with Crippen LogP contribution in [0.2, 0.25) is 0 Å². The molecule has 176 valence electrons. The molecule has 0 atom stereocenters. The van der Waals surface area contributed by atoms with Crippen molar-refractivity contribution >= 4 is 17.4 Å². The number of non-ortho nitro benzene ring substituents is 1. The summed E-state index contributed by atoms with van der Waals surface area (Å²) in [7, 11) is 4.29. The average Bonchev–Trinajstić information content (AvgIpc) is 2.86. The molecule has 0 heterocycles. The average molecular weight is 467 g/mol. The third-order valence-corrected chi connectivity index (χ3v) is 4.69. The zero-order valence-electron chi connectivity index (χ0n) is 18.6. The molecule has 3 aromatic carbocycles. The van der Waals surface area contributed by atoms with E-state index in [-0.39, 0.29) is 22.7 Å². The van der Waals surface area contributed by atoms with Crippen LogP contribution < -0.4 is 18.9 Å². The zero-order chi connectivity index (χ0) is 24.7. The van der Waals surface area contributed by atoms with Gasteiger partial charge in [-0.2, -0.15) is 0 Å². The lowest BCUT2D eigenvalue weighted by molar-refractivity contribution is -0.384. The highest BCUT2D eigenvalue weighted by Gasteiger charge is 2.19. The second kappa shape index (κ2) is 10.8. The van der Waals surface area contributed by atoms with E-state index in [0.717, 1.165) is 0 Å². The summed E-state index contributed by atoms with van der Waals surface area (Å²) in [6.07, 6.45) is 0. The highest BCUT2D eigenvalue weighted by atomic mass is 16.6. The smallest absolute Gasteiger partial charge is 0.338 e. The lowest BCUT2D eigenvalue weighted by Crippen LogP contribution is -2.14. The summed E-state index contributed by atoms with van der Waals surface area (Å²) in [5.41, 5.74) is 0.400. The van der Waals surface area contributed by atoms with Crippen molar-refractivity contribution < 1.29 is 38.2 Å². The fraction of sp³-hybridized carbons (Fsp3) is 0.167. The molecule has 0 bridgehead atoms. The van der Waals surface area contributed by atoms with E-state index in [1.165, 1.54) is 69.9 Å². The Morgan fingerprint density at radius 1 is 0.794 bits per heavy atom. The second-order valence-electron chi connectivity index (χ2n) is 6.79. The number of ether oxygens (including phenoxy) is 5. The first-order valence-electron chi connectivity index (χ1n) is 9.89. The van der Waals surface area contributed by atoms with Crippen LogP contribution in [0.3, 0.4) is 0 Å². The summed E-state index contributed by atoms with van der Waals surface area (Å²) in [5, 5.41) is 10.7.